The molecule has 0 aromatic heterocycles. The van der Waals surface area contributed by atoms with Crippen LogP contribution < -0.4 is 19.4 Å². The number of hydrogen-bond donors (Lipinski definition) is 0. The third-order valence-corrected chi connectivity index (χ3v) is 5.19. The smallest absolute Gasteiger partial charge is 0.325 e. The number of fused-ring (bicyclic) bond motifs is 2. The van der Waals surface area contributed by atoms with E-state index in [0.717, 1.165) is 37.6 Å². The Labute approximate surface area is 166 Å². The second-order valence-corrected chi connectivity index (χ2v) is 6.66. The van der Waals surface area contributed by atoms with Crippen LogP contribution in [-0.4, -0.2) is 31.5 Å². The summed E-state index contributed by atoms with van der Waals surface area (Å²) in [6.45, 7) is 12.1. The van der Waals surface area contributed by atoms with Crippen molar-refractivity contribution >= 4 is 39.7 Å². The van der Waals surface area contributed by atoms with Crippen LogP contribution in [0, 0.1) is 0 Å². The van der Waals surface area contributed by atoms with Crippen molar-refractivity contribution in [2.45, 2.75) is 27.7 Å². The summed E-state index contributed by atoms with van der Waals surface area (Å²) < 4.78 is 6.21. The molecule has 3 rings (SSSR count). The van der Waals surface area contributed by atoms with E-state index < -0.39 is 5.37 Å². The van der Waals surface area contributed by atoms with Crippen molar-refractivity contribution in [1.29, 1.82) is 0 Å². The molecule has 5 nitrogen and oxygen atoms in total. The fourth-order valence-corrected chi connectivity index (χ4v) is 3.73. The maximum absolute atomic E-state index is 12.2. The fourth-order valence-electron chi connectivity index (χ4n) is 3.55. The van der Waals surface area contributed by atoms with Crippen LogP contribution in [0.1, 0.15) is 27.7 Å². The number of ether oxygens (including phenoxy) is 1. The molecule has 144 valence electrons. The van der Waals surface area contributed by atoms with Gasteiger partial charge in [-0.3, -0.25) is 9.69 Å². The van der Waals surface area contributed by atoms with Crippen molar-refractivity contribution in [3.63, 3.8) is 0 Å². The van der Waals surface area contributed by atoms with Crippen molar-refractivity contribution in [1.82, 2.24) is 0 Å². The Morgan fingerprint density at radius 3 is 1.59 bits per heavy atom. The van der Waals surface area contributed by atoms with E-state index in [9.17, 15) is 4.79 Å². The first-order valence-corrected chi connectivity index (χ1v) is 9.87. The van der Waals surface area contributed by atoms with E-state index >= 15 is 0 Å². The molecule has 1 amide bonds. The molecule has 0 bridgehead atoms. The Morgan fingerprint density at radius 2 is 1.26 bits per heavy atom. The molecule has 1 aliphatic heterocycles. The first-order chi connectivity index (χ1) is 13.0. The Morgan fingerprint density at radius 1 is 0.852 bits per heavy atom. The van der Waals surface area contributed by atoms with E-state index in [1.807, 2.05) is 36.4 Å². The molecular weight excluding hydrogens is 362 g/mol. The van der Waals surface area contributed by atoms with Gasteiger partial charge in [-0.15, -0.1) is 0 Å². The average Bonchev–Trinajstić information content (AvgIpc) is 2.67. The monoisotopic (exact) mass is 387 g/mol. The topological polar surface area (TPSA) is 36.0 Å². The molecule has 0 saturated carbocycles. The number of carbonyl (C=O) groups excluding carboxylic acids is 1. The van der Waals surface area contributed by atoms with Crippen molar-refractivity contribution in [2.75, 3.05) is 40.9 Å². The van der Waals surface area contributed by atoms with Crippen LogP contribution in [0.4, 0.5) is 27.5 Å². The molecule has 2 aromatic rings. The number of amides is 1. The highest BCUT2D eigenvalue weighted by Gasteiger charge is 2.29. The zero-order valence-corrected chi connectivity index (χ0v) is 17.1. The maximum Gasteiger partial charge on any atom is 0.325 e. The molecule has 0 saturated heterocycles. The van der Waals surface area contributed by atoms with Crippen LogP contribution in [-0.2, 0) is 0 Å². The van der Waals surface area contributed by atoms with E-state index in [-0.39, 0.29) is 0 Å². The Balaban J connectivity index is 2.08. The van der Waals surface area contributed by atoms with Gasteiger partial charge in [0.1, 0.15) is 0 Å². The van der Waals surface area contributed by atoms with Gasteiger partial charge >= 0.3 is 5.37 Å². The number of nitrogens with zero attached hydrogens (tertiary/aromatic N) is 3. The lowest BCUT2D eigenvalue weighted by molar-refractivity contribution is 0.265. The van der Waals surface area contributed by atoms with Crippen LogP contribution in [0.15, 0.2) is 36.4 Å². The summed E-state index contributed by atoms with van der Waals surface area (Å²) in [5.41, 5.74) is 3.44. The molecule has 0 spiro atoms. The summed E-state index contributed by atoms with van der Waals surface area (Å²) in [6, 6.07) is 11.7. The minimum atomic E-state index is -0.549. The normalized spacial score (nSPS) is 12.1. The van der Waals surface area contributed by atoms with Crippen LogP contribution >= 0.6 is 11.6 Å². The van der Waals surface area contributed by atoms with Crippen molar-refractivity contribution in [3.8, 4) is 11.5 Å². The highest BCUT2D eigenvalue weighted by molar-refractivity contribution is 6.67. The third kappa shape index (κ3) is 3.56. The summed E-state index contributed by atoms with van der Waals surface area (Å²) >= 11 is 5.94. The van der Waals surface area contributed by atoms with Gasteiger partial charge in [0.25, 0.3) is 0 Å². The highest BCUT2D eigenvalue weighted by atomic mass is 35.5. The lowest BCUT2D eigenvalue weighted by Gasteiger charge is -2.32. The summed E-state index contributed by atoms with van der Waals surface area (Å²) in [5, 5.41) is -0.549. The SMILES string of the molecule is CCN(CC)c1ccc2c(c1)Oc1cc(N(CC)CC)ccc1N2C(=O)Cl. The fraction of sp³-hybridized carbons (Fsp3) is 0.381. The van der Waals surface area contributed by atoms with Gasteiger partial charge in [0.05, 0.1) is 11.4 Å². The van der Waals surface area contributed by atoms with Crippen molar-refractivity contribution in [2.24, 2.45) is 0 Å². The van der Waals surface area contributed by atoms with E-state index in [1.54, 1.807) is 0 Å². The Bertz CT molecular complexity index is 771. The molecule has 0 fully saturated rings. The average molecular weight is 388 g/mol. The number of anilines is 4. The maximum atomic E-state index is 12.2. The van der Waals surface area contributed by atoms with Gasteiger partial charge < -0.3 is 14.5 Å². The van der Waals surface area contributed by atoms with Gasteiger partial charge in [-0.1, -0.05) is 0 Å². The van der Waals surface area contributed by atoms with Gasteiger partial charge in [-0.05, 0) is 63.6 Å². The molecular formula is C21H26ClN3O2. The molecule has 2 aromatic carbocycles. The van der Waals surface area contributed by atoms with E-state index in [0.29, 0.717) is 22.9 Å². The number of rotatable bonds is 6. The standard InChI is InChI=1S/C21H26ClN3O2/c1-5-23(6-2)15-9-11-17-19(13-15)27-20-14-16(24(7-3)8-4)10-12-18(20)25(17)21(22)26/h9-14H,5-8H2,1-4H3. The van der Waals surface area contributed by atoms with E-state index in [2.05, 4.69) is 37.5 Å². The first kappa shape index (κ1) is 19.4. The molecule has 0 radical (unpaired) electrons. The predicted octanol–water partition coefficient (Wildman–Crippen LogP) is 5.98. The van der Waals surface area contributed by atoms with Crippen LogP contribution in [0.2, 0.25) is 0 Å². The number of benzene rings is 2. The Kier molecular flexibility index (Phi) is 5.80. The first-order valence-electron chi connectivity index (χ1n) is 9.49. The molecule has 1 aliphatic rings. The lowest BCUT2D eigenvalue weighted by atomic mass is 10.1. The summed E-state index contributed by atoms with van der Waals surface area (Å²) in [4.78, 5) is 18.2. The molecule has 6 heteroatoms. The largest absolute Gasteiger partial charge is 0.453 e. The van der Waals surface area contributed by atoms with Crippen LogP contribution in [0.5, 0.6) is 11.5 Å². The number of hydrogen-bond acceptors (Lipinski definition) is 4. The molecule has 0 aliphatic carbocycles. The second kappa shape index (κ2) is 8.09. The quantitative estimate of drug-likeness (QED) is 0.451. The van der Waals surface area contributed by atoms with Gasteiger partial charge in [-0.25, -0.2) is 0 Å². The summed E-state index contributed by atoms with van der Waals surface area (Å²) in [6.07, 6.45) is 0. The van der Waals surface area contributed by atoms with Crippen molar-refractivity contribution in [3.05, 3.63) is 36.4 Å². The molecule has 0 N–H and O–H groups in total. The minimum Gasteiger partial charge on any atom is -0.453 e. The van der Waals surface area contributed by atoms with Gasteiger partial charge in [-0.2, -0.15) is 0 Å². The third-order valence-electron chi connectivity index (χ3n) is 5.02. The number of carbonyl (C=O) groups is 1. The highest BCUT2D eigenvalue weighted by Crippen LogP contribution is 2.49. The van der Waals surface area contributed by atoms with E-state index in [1.165, 1.54) is 4.90 Å². The summed E-state index contributed by atoms with van der Waals surface area (Å²) in [5.74, 6) is 1.27. The zero-order chi connectivity index (χ0) is 19.6. The van der Waals surface area contributed by atoms with Crippen LogP contribution in [0.25, 0.3) is 0 Å². The van der Waals surface area contributed by atoms with Gasteiger partial charge in [0, 0.05) is 49.7 Å². The minimum absolute atomic E-state index is 0.549. The van der Waals surface area contributed by atoms with Crippen LogP contribution in [0.3, 0.4) is 0 Å². The lowest BCUT2D eigenvalue weighted by Crippen LogP contribution is -2.26. The molecule has 27 heavy (non-hydrogen) atoms. The van der Waals surface area contributed by atoms with Gasteiger partial charge in [0.15, 0.2) is 11.5 Å². The summed E-state index contributed by atoms with van der Waals surface area (Å²) in [7, 11) is 0. The van der Waals surface area contributed by atoms with E-state index in [4.69, 9.17) is 16.3 Å². The van der Waals surface area contributed by atoms with Gasteiger partial charge in [0.2, 0.25) is 0 Å². The number of halogens is 1. The molecule has 0 atom stereocenters. The molecule has 1 heterocycles. The predicted molar refractivity (Wildman–Crippen MR) is 113 cm³/mol. The molecule has 0 unspecified atom stereocenters. The second-order valence-electron chi connectivity index (χ2n) is 6.34. The Hall–Kier alpha value is -2.40. The zero-order valence-electron chi connectivity index (χ0n) is 16.3. The van der Waals surface area contributed by atoms with Crippen molar-refractivity contribution < 1.29 is 9.53 Å².